The fourth-order valence-electron chi connectivity index (χ4n) is 2.67. The molecule has 0 unspecified atom stereocenters. The van der Waals surface area contributed by atoms with E-state index in [0.29, 0.717) is 23.7 Å². The Morgan fingerprint density at radius 3 is 3.14 bits per heavy atom. The molecule has 0 aromatic carbocycles. The topological polar surface area (TPSA) is 79.9 Å². The van der Waals surface area contributed by atoms with Crippen molar-refractivity contribution in [1.82, 2.24) is 20.5 Å². The summed E-state index contributed by atoms with van der Waals surface area (Å²) in [5.74, 6) is -0.216. The molecule has 2 N–H and O–H groups in total. The van der Waals surface area contributed by atoms with Crippen LogP contribution in [0.1, 0.15) is 47.3 Å². The van der Waals surface area contributed by atoms with Crippen molar-refractivity contribution in [3.63, 3.8) is 0 Å². The van der Waals surface area contributed by atoms with Crippen LogP contribution in [0, 0.1) is 0 Å². The van der Waals surface area contributed by atoms with Gasteiger partial charge in [-0.3, -0.25) is 14.9 Å². The summed E-state index contributed by atoms with van der Waals surface area (Å²) >= 11 is 6.03. The molecule has 1 amide bonds. The van der Waals surface area contributed by atoms with Gasteiger partial charge in [0.25, 0.3) is 5.91 Å². The zero-order chi connectivity index (χ0) is 15.7. The van der Waals surface area contributed by atoms with E-state index in [0.717, 1.165) is 16.8 Å². The Labute approximate surface area is 133 Å². The number of nitrogens with zero attached hydrogens (tertiary/aromatic N) is 2. The number of H-pyrrole nitrogens is 1. The third-order valence-corrected chi connectivity index (χ3v) is 4.08. The lowest BCUT2D eigenvalue weighted by molar-refractivity contribution is -0.00697. The first-order valence-corrected chi connectivity index (χ1v) is 7.53. The summed E-state index contributed by atoms with van der Waals surface area (Å²) in [5, 5.41) is 10.4. The molecule has 0 saturated carbocycles. The summed E-state index contributed by atoms with van der Waals surface area (Å²) in [4.78, 5) is 16.3. The van der Waals surface area contributed by atoms with Gasteiger partial charge in [-0.1, -0.05) is 11.6 Å². The molecular formula is C15H17ClN4O2. The Hall–Kier alpha value is -1.92. The van der Waals surface area contributed by atoms with Crippen molar-refractivity contribution in [2.75, 3.05) is 0 Å². The van der Waals surface area contributed by atoms with Crippen LogP contribution in [-0.4, -0.2) is 27.2 Å². The first-order chi connectivity index (χ1) is 10.6. The quantitative estimate of drug-likeness (QED) is 0.910. The summed E-state index contributed by atoms with van der Waals surface area (Å²) in [6.45, 7) is 4.28. The van der Waals surface area contributed by atoms with Crippen molar-refractivity contribution in [2.24, 2.45) is 0 Å². The number of aromatic amines is 1. The Balaban J connectivity index is 1.75. The molecule has 0 saturated heterocycles. The van der Waals surface area contributed by atoms with E-state index in [2.05, 4.69) is 20.5 Å². The summed E-state index contributed by atoms with van der Waals surface area (Å²) in [5.41, 5.74) is 3.07. The van der Waals surface area contributed by atoms with Crippen LogP contribution in [0.3, 0.4) is 0 Å². The van der Waals surface area contributed by atoms with Gasteiger partial charge in [-0.2, -0.15) is 5.10 Å². The van der Waals surface area contributed by atoms with Crippen LogP contribution in [0.4, 0.5) is 0 Å². The highest BCUT2D eigenvalue weighted by molar-refractivity contribution is 6.31. The molecule has 2 aromatic heterocycles. The average molecular weight is 321 g/mol. The van der Waals surface area contributed by atoms with E-state index in [4.69, 9.17) is 16.3 Å². The molecule has 7 heteroatoms. The number of hydrogen-bond acceptors (Lipinski definition) is 4. The maximum atomic E-state index is 12.4. The van der Waals surface area contributed by atoms with Crippen LogP contribution in [0.2, 0.25) is 5.02 Å². The highest BCUT2D eigenvalue weighted by Gasteiger charge is 2.29. The Bertz CT molecular complexity index is 701. The summed E-state index contributed by atoms with van der Waals surface area (Å²) < 4.78 is 5.72. The number of halogens is 1. The molecule has 0 spiro atoms. The maximum absolute atomic E-state index is 12.4. The van der Waals surface area contributed by atoms with E-state index in [1.807, 2.05) is 13.8 Å². The third-order valence-electron chi connectivity index (χ3n) is 3.74. The monoisotopic (exact) mass is 320 g/mol. The van der Waals surface area contributed by atoms with E-state index in [1.165, 1.54) is 0 Å². The second-order valence-electron chi connectivity index (χ2n) is 5.41. The predicted octanol–water partition coefficient (Wildman–Crippen LogP) is 2.41. The number of rotatable bonds is 3. The standard InChI is InChI=1S/C15H17ClN4O2/c1-8-5-11-13(9(2)22-8)19-20-14(11)15(21)18-6-10-3-4-17-7-12(10)16/h3-4,7-9H,5-6H2,1-2H3,(H,18,21)(H,19,20)/t8-,9+/m1/s1. The molecule has 6 nitrogen and oxygen atoms in total. The fraction of sp³-hybridized carbons (Fsp3) is 0.400. The lowest BCUT2D eigenvalue weighted by Crippen LogP contribution is -2.27. The van der Waals surface area contributed by atoms with Crippen LogP contribution in [-0.2, 0) is 17.7 Å². The number of ether oxygens (including phenoxy) is 1. The maximum Gasteiger partial charge on any atom is 0.272 e. The van der Waals surface area contributed by atoms with E-state index in [9.17, 15) is 4.79 Å². The average Bonchev–Trinajstić information content (AvgIpc) is 2.90. The molecule has 1 aliphatic rings. The number of pyridine rings is 1. The first kappa shape index (κ1) is 15.0. The van der Waals surface area contributed by atoms with Gasteiger partial charge in [-0.15, -0.1) is 0 Å². The van der Waals surface area contributed by atoms with Gasteiger partial charge in [-0.05, 0) is 25.5 Å². The second kappa shape index (κ2) is 6.06. The molecule has 22 heavy (non-hydrogen) atoms. The minimum atomic E-state index is -0.216. The third kappa shape index (κ3) is 2.84. The lowest BCUT2D eigenvalue weighted by atomic mass is 9.99. The smallest absolute Gasteiger partial charge is 0.272 e. The van der Waals surface area contributed by atoms with E-state index >= 15 is 0 Å². The summed E-state index contributed by atoms with van der Waals surface area (Å²) in [6, 6.07) is 1.78. The van der Waals surface area contributed by atoms with Crippen molar-refractivity contribution in [2.45, 2.75) is 39.0 Å². The van der Waals surface area contributed by atoms with Crippen molar-refractivity contribution in [3.8, 4) is 0 Å². The van der Waals surface area contributed by atoms with Crippen molar-refractivity contribution in [1.29, 1.82) is 0 Å². The zero-order valence-corrected chi connectivity index (χ0v) is 13.1. The molecule has 2 aromatic rings. The minimum absolute atomic E-state index is 0.0706. The second-order valence-corrected chi connectivity index (χ2v) is 5.81. The van der Waals surface area contributed by atoms with Gasteiger partial charge in [0.05, 0.1) is 22.9 Å². The largest absolute Gasteiger partial charge is 0.369 e. The number of carbonyl (C=O) groups excluding carboxylic acids is 1. The first-order valence-electron chi connectivity index (χ1n) is 7.15. The van der Waals surface area contributed by atoms with Crippen LogP contribution in [0.5, 0.6) is 0 Å². The fourth-order valence-corrected chi connectivity index (χ4v) is 2.85. The van der Waals surface area contributed by atoms with Gasteiger partial charge in [0.2, 0.25) is 0 Å². The number of hydrogen-bond donors (Lipinski definition) is 2. The molecule has 0 aliphatic carbocycles. The molecule has 2 atom stereocenters. The zero-order valence-electron chi connectivity index (χ0n) is 12.4. The molecule has 0 radical (unpaired) electrons. The van der Waals surface area contributed by atoms with Gasteiger partial charge in [0.15, 0.2) is 5.69 Å². The number of fused-ring (bicyclic) bond motifs is 1. The van der Waals surface area contributed by atoms with Gasteiger partial charge in [0, 0.05) is 30.9 Å². The lowest BCUT2D eigenvalue weighted by Gasteiger charge is -2.25. The van der Waals surface area contributed by atoms with Gasteiger partial charge in [-0.25, -0.2) is 0 Å². The van der Waals surface area contributed by atoms with Crippen LogP contribution in [0.25, 0.3) is 0 Å². The minimum Gasteiger partial charge on any atom is -0.369 e. The van der Waals surface area contributed by atoms with Crippen LogP contribution in [0.15, 0.2) is 18.5 Å². The number of aromatic nitrogens is 3. The number of nitrogens with one attached hydrogen (secondary N) is 2. The van der Waals surface area contributed by atoms with Crippen molar-refractivity contribution < 1.29 is 9.53 Å². The highest BCUT2D eigenvalue weighted by Crippen LogP contribution is 2.30. The molecule has 0 bridgehead atoms. The molecular weight excluding hydrogens is 304 g/mol. The molecule has 3 heterocycles. The normalized spacial score (nSPS) is 20.5. The molecule has 116 valence electrons. The van der Waals surface area contributed by atoms with E-state index in [1.54, 1.807) is 18.5 Å². The number of amides is 1. The summed E-state index contributed by atoms with van der Waals surface area (Å²) in [7, 11) is 0. The van der Waals surface area contributed by atoms with Gasteiger partial charge >= 0.3 is 0 Å². The van der Waals surface area contributed by atoms with E-state index < -0.39 is 0 Å². The van der Waals surface area contributed by atoms with Gasteiger partial charge < -0.3 is 10.1 Å². The Kier molecular flexibility index (Phi) is 4.13. The molecule has 0 fully saturated rings. The Morgan fingerprint density at radius 1 is 1.55 bits per heavy atom. The van der Waals surface area contributed by atoms with Crippen LogP contribution < -0.4 is 5.32 Å². The van der Waals surface area contributed by atoms with Crippen molar-refractivity contribution in [3.05, 3.63) is 46.0 Å². The van der Waals surface area contributed by atoms with Crippen molar-refractivity contribution >= 4 is 17.5 Å². The highest BCUT2D eigenvalue weighted by atomic mass is 35.5. The summed E-state index contributed by atoms with van der Waals surface area (Å²) in [6.07, 6.45) is 3.86. The van der Waals surface area contributed by atoms with E-state index in [-0.39, 0.29) is 18.1 Å². The number of carbonyl (C=O) groups is 1. The molecule has 1 aliphatic heterocycles. The van der Waals surface area contributed by atoms with Gasteiger partial charge in [0.1, 0.15) is 0 Å². The Morgan fingerprint density at radius 2 is 2.36 bits per heavy atom. The molecule has 3 rings (SSSR count). The predicted molar refractivity (Wildman–Crippen MR) is 81.7 cm³/mol. The SMILES string of the molecule is C[C@@H]1Cc2c(C(=O)NCc3ccncc3Cl)n[nH]c2[C@H](C)O1. The van der Waals surface area contributed by atoms with Crippen LogP contribution >= 0.6 is 11.6 Å².